The Balaban J connectivity index is 4.23. The van der Waals surface area contributed by atoms with Crippen LogP contribution in [0, 0.1) is 0 Å². The van der Waals surface area contributed by atoms with Crippen molar-refractivity contribution in [1.82, 2.24) is 5.32 Å². The molecular weight excluding hydrogens is 214 g/mol. The Labute approximate surface area is 90.3 Å². The van der Waals surface area contributed by atoms with Gasteiger partial charge < -0.3 is 9.74 Å². The average Bonchev–Trinajstić information content (AvgIpc) is 2.00. The molecule has 0 aliphatic carbocycles. The van der Waals surface area contributed by atoms with Gasteiger partial charge in [-0.1, -0.05) is 0 Å². The highest BCUT2D eigenvalue weighted by atomic mass is 28.4. The number of ketones is 1. The molecule has 0 aromatic rings. The van der Waals surface area contributed by atoms with Crippen LogP contribution in [0.15, 0.2) is 0 Å². The zero-order valence-electron chi connectivity index (χ0n) is 9.71. The SMILES string of the molecule is CC(=O)C(=O)NC(C)C(=O)O[Si](C)(C)C. The number of hydrogen-bond donors (Lipinski definition) is 1. The third-order valence-corrected chi connectivity index (χ3v) is 2.24. The van der Waals surface area contributed by atoms with Gasteiger partial charge in [-0.3, -0.25) is 14.4 Å². The third-order valence-electron chi connectivity index (χ3n) is 1.43. The van der Waals surface area contributed by atoms with Crippen LogP contribution in [0.3, 0.4) is 0 Å². The Morgan fingerprint density at radius 2 is 1.67 bits per heavy atom. The Morgan fingerprint density at radius 1 is 1.20 bits per heavy atom. The van der Waals surface area contributed by atoms with Crippen molar-refractivity contribution in [2.45, 2.75) is 39.5 Å². The number of Topliss-reactive ketones (excluding diaryl/α,β-unsaturated/α-hetero) is 1. The Morgan fingerprint density at radius 3 is 2.00 bits per heavy atom. The van der Waals surface area contributed by atoms with Gasteiger partial charge in [-0.05, 0) is 26.6 Å². The fourth-order valence-electron chi connectivity index (χ4n) is 0.747. The van der Waals surface area contributed by atoms with Gasteiger partial charge in [-0.15, -0.1) is 0 Å². The van der Waals surface area contributed by atoms with Crippen molar-refractivity contribution in [3.05, 3.63) is 0 Å². The normalized spacial score (nSPS) is 12.9. The zero-order valence-corrected chi connectivity index (χ0v) is 10.7. The van der Waals surface area contributed by atoms with Crippen LogP contribution in [0.5, 0.6) is 0 Å². The smallest absolute Gasteiger partial charge is 0.315 e. The van der Waals surface area contributed by atoms with Crippen LogP contribution in [0.4, 0.5) is 0 Å². The molecule has 1 atom stereocenters. The van der Waals surface area contributed by atoms with E-state index in [2.05, 4.69) is 5.32 Å². The fourth-order valence-corrected chi connectivity index (χ4v) is 1.53. The van der Waals surface area contributed by atoms with Crippen LogP contribution in [0.2, 0.25) is 19.6 Å². The predicted molar refractivity (Wildman–Crippen MR) is 57.7 cm³/mol. The van der Waals surface area contributed by atoms with Gasteiger partial charge >= 0.3 is 5.97 Å². The predicted octanol–water partition coefficient (Wildman–Crippen LogP) is 0.458. The molecule has 1 unspecified atom stereocenters. The molecule has 6 heteroatoms. The van der Waals surface area contributed by atoms with Crippen LogP contribution in [0.1, 0.15) is 13.8 Å². The maximum atomic E-state index is 11.4. The van der Waals surface area contributed by atoms with Crippen molar-refractivity contribution in [2.24, 2.45) is 0 Å². The summed E-state index contributed by atoms with van der Waals surface area (Å²) in [4.78, 5) is 33.0. The van der Waals surface area contributed by atoms with Gasteiger partial charge in [0.15, 0.2) is 0 Å². The molecule has 0 heterocycles. The number of rotatable bonds is 4. The van der Waals surface area contributed by atoms with E-state index in [1.54, 1.807) is 0 Å². The highest BCUT2D eigenvalue weighted by Crippen LogP contribution is 2.04. The van der Waals surface area contributed by atoms with Crippen molar-refractivity contribution in [2.75, 3.05) is 0 Å². The molecule has 0 aliphatic heterocycles. The summed E-state index contributed by atoms with van der Waals surface area (Å²) in [5, 5.41) is 2.26. The number of carbonyl (C=O) groups is 3. The molecule has 0 aromatic heterocycles. The van der Waals surface area contributed by atoms with E-state index in [4.69, 9.17) is 4.43 Å². The lowest BCUT2D eigenvalue weighted by Gasteiger charge is -2.20. The molecule has 0 fully saturated rings. The molecule has 5 nitrogen and oxygen atoms in total. The van der Waals surface area contributed by atoms with Crippen LogP contribution in [0.25, 0.3) is 0 Å². The van der Waals surface area contributed by atoms with Crippen molar-refractivity contribution in [3.8, 4) is 0 Å². The summed E-state index contributed by atoms with van der Waals surface area (Å²) in [6, 6.07) is -0.784. The first-order valence-electron chi connectivity index (χ1n) is 4.68. The zero-order chi connectivity index (χ0) is 12.2. The number of hydrogen-bond acceptors (Lipinski definition) is 4. The number of amides is 1. The first kappa shape index (κ1) is 13.8. The minimum atomic E-state index is -1.95. The molecule has 0 spiro atoms. The molecule has 0 rings (SSSR count). The molecule has 0 saturated carbocycles. The molecule has 1 N–H and O–H groups in total. The summed E-state index contributed by atoms with van der Waals surface area (Å²) in [6.45, 7) is 8.23. The van der Waals surface area contributed by atoms with Crippen molar-refractivity contribution >= 4 is 26.0 Å². The van der Waals surface area contributed by atoms with E-state index in [1.165, 1.54) is 6.92 Å². The fraction of sp³-hybridized carbons (Fsp3) is 0.667. The summed E-state index contributed by atoms with van der Waals surface area (Å²) >= 11 is 0. The Hall–Kier alpha value is -1.17. The van der Waals surface area contributed by atoms with Gasteiger partial charge in [0.1, 0.15) is 6.04 Å². The van der Waals surface area contributed by atoms with E-state index in [9.17, 15) is 14.4 Å². The molecule has 0 saturated heterocycles. The average molecular weight is 231 g/mol. The van der Waals surface area contributed by atoms with Crippen molar-refractivity contribution < 1.29 is 18.8 Å². The summed E-state index contributed by atoms with van der Waals surface area (Å²) in [7, 11) is -1.95. The minimum Gasteiger partial charge on any atom is -0.518 e. The molecule has 1 amide bonds. The van der Waals surface area contributed by atoms with Crippen LogP contribution in [-0.2, 0) is 18.8 Å². The van der Waals surface area contributed by atoms with E-state index in [1.807, 2.05) is 19.6 Å². The maximum absolute atomic E-state index is 11.4. The van der Waals surface area contributed by atoms with Gasteiger partial charge in [0, 0.05) is 6.92 Å². The largest absolute Gasteiger partial charge is 0.518 e. The summed E-state index contributed by atoms with van der Waals surface area (Å²) < 4.78 is 5.15. The maximum Gasteiger partial charge on any atom is 0.315 e. The summed E-state index contributed by atoms with van der Waals surface area (Å²) in [5.41, 5.74) is 0. The summed E-state index contributed by atoms with van der Waals surface area (Å²) in [6.07, 6.45) is 0. The first-order valence-corrected chi connectivity index (χ1v) is 8.08. The van der Waals surface area contributed by atoms with Crippen molar-refractivity contribution in [3.63, 3.8) is 0 Å². The van der Waals surface area contributed by atoms with Crippen LogP contribution < -0.4 is 5.32 Å². The Kier molecular flexibility index (Phi) is 4.67. The van der Waals surface area contributed by atoms with Crippen molar-refractivity contribution in [1.29, 1.82) is 0 Å². The van der Waals surface area contributed by atoms with E-state index in [0.717, 1.165) is 6.92 Å². The quantitative estimate of drug-likeness (QED) is 0.563. The lowest BCUT2D eigenvalue weighted by atomic mass is 10.3. The molecule has 0 radical (unpaired) electrons. The highest BCUT2D eigenvalue weighted by molar-refractivity contribution is 6.71. The standard InChI is InChI=1S/C9H17NO4Si/c1-6(10-8(12)7(2)11)9(13)14-15(3,4)5/h6H,1-5H3,(H,10,12). The van der Waals surface area contributed by atoms with E-state index < -0.39 is 32.0 Å². The molecule has 0 bridgehead atoms. The molecule has 0 aliphatic rings. The molecule has 15 heavy (non-hydrogen) atoms. The van der Waals surface area contributed by atoms with Gasteiger partial charge in [-0.25, -0.2) is 0 Å². The van der Waals surface area contributed by atoms with Gasteiger partial charge in [0.2, 0.25) is 14.1 Å². The van der Waals surface area contributed by atoms with E-state index in [-0.39, 0.29) is 0 Å². The third kappa shape index (κ3) is 6.00. The molecular formula is C9H17NO4Si. The second kappa shape index (κ2) is 5.06. The van der Waals surface area contributed by atoms with E-state index >= 15 is 0 Å². The van der Waals surface area contributed by atoms with Gasteiger partial charge in [0.05, 0.1) is 0 Å². The lowest BCUT2D eigenvalue weighted by molar-refractivity contribution is -0.142. The second-order valence-electron chi connectivity index (χ2n) is 4.28. The van der Waals surface area contributed by atoms with E-state index in [0.29, 0.717) is 0 Å². The van der Waals surface area contributed by atoms with Crippen LogP contribution >= 0.6 is 0 Å². The second-order valence-corrected chi connectivity index (χ2v) is 8.71. The highest BCUT2D eigenvalue weighted by Gasteiger charge is 2.25. The topological polar surface area (TPSA) is 72.5 Å². The first-order chi connectivity index (χ1) is 6.63. The lowest BCUT2D eigenvalue weighted by Crippen LogP contribution is -2.45. The summed E-state index contributed by atoms with van der Waals surface area (Å²) in [5.74, 6) is -1.89. The van der Waals surface area contributed by atoms with Gasteiger partial charge in [0.25, 0.3) is 5.91 Å². The number of nitrogens with one attached hydrogen (secondary N) is 1. The minimum absolute atomic E-state index is 0.497. The Bertz CT molecular complexity index is 282. The molecule has 0 aromatic carbocycles. The number of carbonyl (C=O) groups excluding carboxylic acids is 3. The van der Waals surface area contributed by atoms with Gasteiger partial charge in [-0.2, -0.15) is 0 Å². The molecule has 86 valence electrons. The van der Waals surface area contributed by atoms with Crippen LogP contribution in [-0.4, -0.2) is 32.0 Å². The monoisotopic (exact) mass is 231 g/mol.